The minimum atomic E-state index is 0.563. The third-order valence-corrected chi connectivity index (χ3v) is 2.41. The van der Waals surface area contributed by atoms with E-state index in [1.165, 1.54) is 6.26 Å². The first-order chi connectivity index (χ1) is 5.81. The van der Waals surface area contributed by atoms with Crippen LogP contribution in [0.15, 0.2) is 22.8 Å². The minimum absolute atomic E-state index is 0.563. The Morgan fingerprint density at radius 2 is 2.33 bits per heavy atom. The molecule has 0 bridgehead atoms. The van der Waals surface area contributed by atoms with Gasteiger partial charge in [0.1, 0.15) is 16.8 Å². The van der Waals surface area contributed by atoms with Crippen LogP contribution in [-0.4, -0.2) is 4.98 Å². The summed E-state index contributed by atoms with van der Waals surface area (Å²) in [7, 11) is 0. The smallest absolute Gasteiger partial charge is 0.153 e. The molecule has 0 aliphatic carbocycles. The molecule has 0 saturated carbocycles. The van der Waals surface area contributed by atoms with E-state index in [0.29, 0.717) is 5.02 Å². The van der Waals surface area contributed by atoms with Crippen LogP contribution < -0.4 is 0 Å². The molecule has 62 valence electrons. The number of alkyl halides is 1. The van der Waals surface area contributed by atoms with Gasteiger partial charge in [0.25, 0.3) is 0 Å². The summed E-state index contributed by atoms with van der Waals surface area (Å²) in [6.45, 7) is 0. The first-order valence-electron chi connectivity index (χ1n) is 3.40. The Morgan fingerprint density at radius 3 is 3.08 bits per heavy atom. The van der Waals surface area contributed by atoms with Crippen LogP contribution in [0.4, 0.5) is 0 Å². The Hall–Kier alpha value is -0.540. The number of aromatic nitrogens is 1. The van der Waals surface area contributed by atoms with Crippen molar-refractivity contribution in [1.82, 2.24) is 4.98 Å². The summed E-state index contributed by atoms with van der Waals surface area (Å²) in [4.78, 5) is 4.28. The van der Waals surface area contributed by atoms with E-state index in [0.717, 1.165) is 22.1 Å². The maximum absolute atomic E-state index is 5.83. The average molecular weight is 246 g/mol. The molecule has 2 nitrogen and oxygen atoms in total. The minimum Gasteiger partial charge on any atom is -0.461 e. The predicted molar refractivity (Wildman–Crippen MR) is 51.7 cm³/mol. The highest BCUT2D eigenvalue weighted by Crippen LogP contribution is 2.23. The summed E-state index contributed by atoms with van der Waals surface area (Å²) in [5.74, 6) is 0. The SMILES string of the molecule is Clc1coc2ccc(CBr)nc12. The molecule has 0 aliphatic rings. The Balaban J connectivity index is 2.71. The maximum atomic E-state index is 5.83. The van der Waals surface area contributed by atoms with E-state index >= 15 is 0 Å². The van der Waals surface area contributed by atoms with E-state index < -0.39 is 0 Å². The van der Waals surface area contributed by atoms with Crippen molar-refractivity contribution >= 4 is 38.6 Å². The molecule has 2 heterocycles. The van der Waals surface area contributed by atoms with Gasteiger partial charge in [-0.05, 0) is 12.1 Å². The number of hydrogen-bond acceptors (Lipinski definition) is 2. The molecular formula is C8H5BrClNO. The van der Waals surface area contributed by atoms with E-state index in [1.54, 1.807) is 0 Å². The number of rotatable bonds is 1. The number of nitrogens with zero attached hydrogens (tertiary/aromatic N) is 1. The fourth-order valence-electron chi connectivity index (χ4n) is 0.998. The van der Waals surface area contributed by atoms with Crippen molar-refractivity contribution in [3.63, 3.8) is 0 Å². The molecule has 0 atom stereocenters. The predicted octanol–water partition coefficient (Wildman–Crippen LogP) is 3.38. The summed E-state index contributed by atoms with van der Waals surface area (Å²) < 4.78 is 5.14. The zero-order chi connectivity index (χ0) is 8.55. The molecule has 0 N–H and O–H groups in total. The van der Waals surface area contributed by atoms with Crippen molar-refractivity contribution in [2.75, 3.05) is 0 Å². The second kappa shape index (κ2) is 3.07. The van der Waals surface area contributed by atoms with Crippen molar-refractivity contribution in [2.45, 2.75) is 5.33 Å². The van der Waals surface area contributed by atoms with E-state index in [4.69, 9.17) is 16.0 Å². The van der Waals surface area contributed by atoms with Crippen molar-refractivity contribution in [3.05, 3.63) is 29.1 Å². The molecule has 0 spiro atoms. The van der Waals surface area contributed by atoms with Crippen molar-refractivity contribution in [3.8, 4) is 0 Å². The molecule has 0 saturated heterocycles. The van der Waals surface area contributed by atoms with Gasteiger partial charge in [0, 0.05) is 5.33 Å². The van der Waals surface area contributed by atoms with E-state index in [9.17, 15) is 0 Å². The van der Waals surface area contributed by atoms with Gasteiger partial charge in [-0.2, -0.15) is 0 Å². The van der Waals surface area contributed by atoms with E-state index in [1.807, 2.05) is 12.1 Å². The summed E-state index contributed by atoms with van der Waals surface area (Å²) in [5.41, 5.74) is 2.41. The fraction of sp³-hybridized carbons (Fsp3) is 0.125. The van der Waals surface area contributed by atoms with Crippen LogP contribution in [0.25, 0.3) is 11.1 Å². The van der Waals surface area contributed by atoms with Crippen LogP contribution >= 0.6 is 27.5 Å². The quantitative estimate of drug-likeness (QED) is 0.721. The fourth-order valence-corrected chi connectivity index (χ4v) is 1.49. The highest BCUT2D eigenvalue weighted by molar-refractivity contribution is 9.08. The van der Waals surface area contributed by atoms with Crippen LogP contribution in [-0.2, 0) is 5.33 Å². The number of fused-ring (bicyclic) bond motifs is 1. The second-order valence-corrected chi connectivity index (χ2v) is 3.33. The first kappa shape index (κ1) is 8.08. The third kappa shape index (κ3) is 1.23. The molecule has 0 unspecified atom stereocenters. The van der Waals surface area contributed by atoms with Gasteiger partial charge in [-0.3, -0.25) is 0 Å². The second-order valence-electron chi connectivity index (χ2n) is 2.37. The Kier molecular flexibility index (Phi) is 2.07. The van der Waals surface area contributed by atoms with Gasteiger partial charge >= 0.3 is 0 Å². The lowest BCUT2D eigenvalue weighted by molar-refractivity contribution is 0.615. The topological polar surface area (TPSA) is 26.0 Å². The molecular weight excluding hydrogens is 241 g/mol. The van der Waals surface area contributed by atoms with Gasteiger partial charge in [-0.25, -0.2) is 4.98 Å². The summed E-state index contributed by atoms with van der Waals surface area (Å²) in [6.07, 6.45) is 1.50. The maximum Gasteiger partial charge on any atom is 0.153 e. The van der Waals surface area contributed by atoms with Crippen LogP contribution in [0.5, 0.6) is 0 Å². The molecule has 0 fully saturated rings. The van der Waals surface area contributed by atoms with Crippen molar-refractivity contribution in [2.24, 2.45) is 0 Å². The standard InChI is InChI=1S/C8H5BrClNO/c9-3-5-1-2-7-8(11-5)6(10)4-12-7/h1-2,4H,3H2. The van der Waals surface area contributed by atoms with Crippen molar-refractivity contribution in [1.29, 1.82) is 0 Å². The molecule has 0 amide bonds. The summed E-state index contributed by atoms with van der Waals surface area (Å²) in [6, 6.07) is 3.77. The Morgan fingerprint density at radius 1 is 1.50 bits per heavy atom. The lowest BCUT2D eigenvalue weighted by Gasteiger charge is -1.93. The lowest BCUT2D eigenvalue weighted by atomic mass is 10.3. The van der Waals surface area contributed by atoms with Crippen LogP contribution in [0.2, 0.25) is 5.02 Å². The van der Waals surface area contributed by atoms with Gasteiger partial charge in [-0.15, -0.1) is 0 Å². The molecule has 4 heteroatoms. The normalized spacial score (nSPS) is 10.8. The van der Waals surface area contributed by atoms with Crippen LogP contribution in [0, 0.1) is 0 Å². The molecule has 0 aromatic carbocycles. The van der Waals surface area contributed by atoms with E-state index in [-0.39, 0.29) is 0 Å². The monoisotopic (exact) mass is 245 g/mol. The van der Waals surface area contributed by atoms with Crippen LogP contribution in [0.3, 0.4) is 0 Å². The van der Waals surface area contributed by atoms with Gasteiger partial charge in [-0.1, -0.05) is 27.5 Å². The molecule has 12 heavy (non-hydrogen) atoms. The molecule has 0 aliphatic heterocycles. The first-order valence-corrected chi connectivity index (χ1v) is 4.90. The Labute approximate surface area is 82.7 Å². The highest BCUT2D eigenvalue weighted by atomic mass is 79.9. The zero-order valence-electron chi connectivity index (χ0n) is 6.05. The third-order valence-electron chi connectivity index (χ3n) is 1.57. The van der Waals surface area contributed by atoms with E-state index in [2.05, 4.69) is 20.9 Å². The number of furan rings is 1. The Bertz CT molecular complexity index is 412. The highest BCUT2D eigenvalue weighted by Gasteiger charge is 2.04. The molecule has 0 radical (unpaired) electrons. The van der Waals surface area contributed by atoms with Crippen LogP contribution in [0.1, 0.15) is 5.69 Å². The van der Waals surface area contributed by atoms with Gasteiger partial charge in [0.05, 0.1) is 5.69 Å². The van der Waals surface area contributed by atoms with Gasteiger partial charge in [0.15, 0.2) is 5.58 Å². The summed E-state index contributed by atoms with van der Waals surface area (Å²) in [5, 5.41) is 1.29. The average Bonchev–Trinajstić information content (AvgIpc) is 2.47. The molecule has 2 aromatic rings. The van der Waals surface area contributed by atoms with Gasteiger partial charge in [0.2, 0.25) is 0 Å². The number of pyridine rings is 1. The van der Waals surface area contributed by atoms with Gasteiger partial charge < -0.3 is 4.42 Å². The number of hydrogen-bond donors (Lipinski definition) is 0. The largest absolute Gasteiger partial charge is 0.461 e. The molecule has 2 rings (SSSR count). The molecule has 2 aromatic heterocycles. The zero-order valence-corrected chi connectivity index (χ0v) is 8.39. The lowest BCUT2D eigenvalue weighted by Crippen LogP contribution is -1.82. The van der Waals surface area contributed by atoms with Crippen molar-refractivity contribution < 1.29 is 4.42 Å². The number of halogens is 2. The summed E-state index contributed by atoms with van der Waals surface area (Å²) >= 11 is 9.15.